The van der Waals surface area contributed by atoms with Crippen molar-refractivity contribution < 1.29 is 9.53 Å². The molecule has 2 nitrogen and oxygen atoms in total. The Morgan fingerprint density at radius 2 is 1.81 bits per heavy atom. The first-order chi connectivity index (χ1) is 9.93. The van der Waals surface area contributed by atoms with Gasteiger partial charge in [-0.1, -0.05) is 45.0 Å². The molecule has 21 heavy (non-hydrogen) atoms. The highest BCUT2D eigenvalue weighted by Crippen LogP contribution is 2.34. The molecule has 112 valence electrons. The molecule has 0 bridgehead atoms. The standard InChI is InChI=1S/C19H24O2/c1-6-14-10-18(19(20)21-13(4)5)17-11-15(12(2)3)8-7-9-16(14)17/h7-13H,6H2,1-5H3. The largest absolute Gasteiger partial charge is 0.459 e. The summed E-state index contributed by atoms with van der Waals surface area (Å²) in [6.07, 6.45) is 0.807. The number of fused-ring (bicyclic) bond motifs is 1. The van der Waals surface area contributed by atoms with Crippen LogP contribution in [0.25, 0.3) is 11.1 Å². The first kappa shape index (κ1) is 15.6. The predicted molar refractivity (Wildman–Crippen MR) is 87.1 cm³/mol. The molecular weight excluding hydrogens is 260 g/mol. The Kier molecular flexibility index (Phi) is 4.66. The average molecular weight is 284 g/mol. The van der Waals surface area contributed by atoms with Gasteiger partial charge in [0.1, 0.15) is 0 Å². The van der Waals surface area contributed by atoms with E-state index in [9.17, 15) is 4.79 Å². The van der Waals surface area contributed by atoms with Gasteiger partial charge in [-0.05, 0) is 54.5 Å². The van der Waals surface area contributed by atoms with E-state index in [1.165, 1.54) is 11.1 Å². The van der Waals surface area contributed by atoms with Gasteiger partial charge in [0.15, 0.2) is 0 Å². The molecule has 0 aromatic rings. The van der Waals surface area contributed by atoms with Gasteiger partial charge in [-0.25, -0.2) is 4.79 Å². The smallest absolute Gasteiger partial charge is 0.339 e. The van der Waals surface area contributed by atoms with E-state index in [-0.39, 0.29) is 12.1 Å². The van der Waals surface area contributed by atoms with Crippen molar-refractivity contribution in [3.63, 3.8) is 0 Å². The first-order valence-electron chi connectivity index (χ1n) is 7.70. The molecule has 2 aliphatic rings. The molecule has 0 atom stereocenters. The van der Waals surface area contributed by atoms with Crippen molar-refractivity contribution in [2.24, 2.45) is 0 Å². The highest BCUT2D eigenvalue weighted by Gasteiger charge is 2.21. The second-order valence-electron chi connectivity index (χ2n) is 6.04. The fraction of sp³-hybridized carbons (Fsp3) is 0.421. The van der Waals surface area contributed by atoms with Crippen LogP contribution in [-0.4, -0.2) is 12.1 Å². The van der Waals surface area contributed by atoms with E-state index < -0.39 is 0 Å². The highest BCUT2D eigenvalue weighted by molar-refractivity contribution is 6.00. The normalized spacial score (nSPS) is 11.4. The summed E-state index contributed by atoms with van der Waals surface area (Å²) in [4.78, 5) is 12.4. The molecule has 2 rings (SSSR count). The topological polar surface area (TPSA) is 26.3 Å². The van der Waals surface area contributed by atoms with Crippen LogP contribution in [-0.2, 0) is 11.2 Å². The zero-order chi connectivity index (χ0) is 15.6. The Morgan fingerprint density at radius 1 is 1.10 bits per heavy atom. The molecule has 0 aromatic heterocycles. The molecule has 0 spiro atoms. The van der Waals surface area contributed by atoms with Gasteiger partial charge in [-0.2, -0.15) is 0 Å². The van der Waals surface area contributed by atoms with Crippen molar-refractivity contribution in [1.29, 1.82) is 0 Å². The van der Waals surface area contributed by atoms with E-state index in [1.54, 1.807) is 0 Å². The Balaban J connectivity index is 2.59. The number of esters is 1. The van der Waals surface area contributed by atoms with Crippen molar-refractivity contribution in [3.8, 4) is 11.1 Å². The van der Waals surface area contributed by atoms with Crippen LogP contribution in [0.4, 0.5) is 0 Å². The van der Waals surface area contributed by atoms with Crippen LogP contribution >= 0.6 is 0 Å². The minimum Gasteiger partial charge on any atom is -0.459 e. The number of carbonyl (C=O) groups is 1. The second kappa shape index (κ2) is 6.30. The summed E-state index contributed by atoms with van der Waals surface area (Å²) in [6, 6.07) is 10.4. The van der Waals surface area contributed by atoms with Crippen LogP contribution in [0, 0.1) is 0 Å². The Hall–Kier alpha value is -1.83. The molecule has 0 heterocycles. The van der Waals surface area contributed by atoms with E-state index in [4.69, 9.17) is 4.74 Å². The Labute approximate surface area is 127 Å². The summed E-state index contributed by atoms with van der Waals surface area (Å²) in [7, 11) is 0. The van der Waals surface area contributed by atoms with Gasteiger partial charge in [0.25, 0.3) is 0 Å². The lowest BCUT2D eigenvalue weighted by Crippen LogP contribution is -2.11. The van der Waals surface area contributed by atoms with Crippen LogP contribution in [0.15, 0.2) is 30.3 Å². The van der Waals surface area contributed by atoms with Crippen LogP contribution in [0.3, 0.4) is 0 Å². The van der Waals surface area contributed by atoms with Gasteiger partial charge in [0, 0.05) is 0 Å². The molecule has 2 aliphatic carbocycles. The number of hydrogen-bond acceptors (Lipinski definition) is 2. The summed E-state index contributed by atoms with van der Waals surface area (Å²) < 4.78 is 5.39. The van der Waals surface area contributed by atoms with Gasteiger partial charge in [-0.15, -0.1) is 0 Å². The third kappa shape index (κ3) is 3.26. The summed E-state index contributed by atoms with van der Waals surface area (Å²) in [5.41, 5.74) is 5.28. The third-order valence-electron chi connectivity index (χ3n) is 3.72. The lowest BCUT2D eigenvalue weighted by molar-refractivity contribution is 0.0379. The van der Waals surface area contributed by atoms with Crippen molar-refractivity contribution in [2.75, 3.05) is 0 Å². The lowest BCUT2D eigenvalue weighted by Gasteiger charge is -2.08. The second-order valence-corrected chi connectivity index (χ2v) is 6.04. The van der Waals surface area contributed by atoms with Crippen LogP contribution in [0.5, 0.6) is 0 Å². The van der Waals surface area contributed by atoms with Crippen molar-refractivity contribution in [2.45, 2.75) is 53.1 Å². The van der Waals surface area contributed by atoms with Gasteiger partial charge < -0.3 is 4.74 Å². The number of hydrogen-bond donors (Lipinski definition) is 0. The molecule has 0 N–H and O–H groups in total. The zero-order valence-electron chi connectivity index (χ0n) is 13.6. The van der Waals surface area contributed by atoms with Gasteiger partial charge in [0.05, 0.1) is 11.7 Å². The average Bonchev–Trinajstić information content (AvgIpc) is 2.60. The Morgan fingerprint density at radius 3 is 2.38 bits per heavy atom. The van der Waals surface area contributed by atoms with E-state index in [0.717, 1.165) is 17.5 Å². The minimum atomic E-state index is -0.226. The quantitative estimate of drug-likeness (QED) is 0.735. The van der Waals surface area contributed by atoms with Crippen molar-refractivity contribution >= 4 is 5.97 Å². The number of aryl methyl sites for hydroxylation is 1. The molecule has 0 unspecified atom stereocenters. The summed E-state index contributed by atoms with van der Waals surface area (Å²) in [6.45, 7) is 10.2. The monoisotopic (exact) mass is 284 g/mol. The van der Waals surface area contributed by atoms with E-state index >= 15 is 0 Å². The van der Waals surface area contributed by atoms with Gasteiger partial charge >= 0.3 is 5.97 Å². The number of ether oxygens (including phenoxy) is 1. The molecule has 2 heteroatoms. The first-order valence-corrected chi connectivity index (χ1v) is 7.70. The molecule has 0 fully saturated rings. The molecule has 0 aliphatic heterocycles. The molecule has 0 amide bonds. The zero-order valence-corrected chi connectivity index (χ0v) is 13.6. The molecule has 0 saturated carbocycles. The van der Waals surface area contributed by atoms with E-state index in [2.05, 4.69) is 45.0 Å². The van der Waals surface area contributed by atoms with Crippen LogP contribution in [0.1, 0.15) is 62.0 Å². The van der Waals surface area contributed by atoms with Gasteiger partial charge in [-0.3, -0.25) is 0 Å². The lowest BCUT2D eigenvalue weighted by atomic mass is 10.0. The van der Waals surface area contributed by atoms with Crippen LogP contribution < -0.4 is 0 Å². The van der Waals surface area contributed by atoms with Crippen LogP contribution in [0.2, 0.25) is 0 Å². The van der Waals surface area contributed by atoms with Gasteiger partial charge in [0.2, 0.25) is 0 Å². The Bertz CT molecular complexity index is 611. The predicted octanol–water partition coefficient (Wildman–Crippen LogP) is 5.04. The maximum atomic E-state index is 12.4. The fourth-order valence-corrected chi connectivity index (χ4v) is 2.57. The van der Waals surface area contributed by atoms with Crippen molar-refractivity contribution in [1.82, 2.24) is 0 Å². The molecule has 0 saturated heterocycles. The van der Waals surface area contributed by atoms with E-state index in [1.807, 2.05) is 19.9 Å². The maximum Gasteiger partial charge on any atom is 0.339 e. The number of rotatable bonds is 4. The molecule has 0 radical (unpaired) electrons. The minimum absolute atomic E-state index is 0.102. The third-order valence-corrected chi connectivity index (χ3v) is 3.72. The summed E-state index contributed by atoms with van der Waals surface area (Å²) >= 11 is 0. The highest BCUT2D eigenvalue weighted by atomic mass is 16.5. The van der Waals surface area contributed by atoms with Crippen molar-refractivity contribution in [3.05, 3.63) is 47.0 Å². The van der Waals surface area contributed by atoms with E-state index in [0.29, 0.717) is 11.5 Å². The summed E-state index contributed by atoms with van der Waals surface area (Å²) in [5, 5.41) is 0. The molecule has 0 aromatic carbocycles. The number of carbonyl (C=O) groups excluding carboxylic acids is 1. The summed E-state index contributed by atoms with van der Waals surface area (Å²) in [5.74, 6) is 0.199. The fourth-order valence-electron chi connectivity index (χ4n) is 2.57. The molecular formula is C19H24O2. The SMILES string of the molecule is CCc1cc(C(=O)OC(C)C)c2cc(C(C)C)cccc1-2. The maximum absolute atomic E-state index is 12.4.